The van der Waals surface area contributed by atoms with Crippen LogP contribution in [0.4, 0.5) is 0 Å². The number of esters is 12. The normalized spacial score (nSPS) is 35.7. The van der Waals surface area contributed by atoms with Crippen LogP contribution in [0.2, 0.25) is 0 Å². The van der Waals surface area contributed by atoms with Crippen molar-refractivity contribution in [3.05, 3.63) is 0 Å². The molecule has 13 rings (SSSR count). The maximum atomic E-state index is 12.2. The Balaban J connectivity index is 0.000000156. The third kappa shape index (κ3) is 16.3. The molecule has 0 aromatic rings. The minimum atomic E-state index is -0.687. The molecule has 5 aliphatic carbocycles. The SMILES string of the molecule is CCC(C)(C)C(=O)OC1C(=O)OC2CCCC21.CCC(C)(C)C(=O)OC1C2CC3C1OC(=O)C3(C)C2.CCC(C)(C)C(=O)OC1C2CC3C1OC(=O)C3C2C.CCC(C)(C)C(=O)OC1C2OC3C1OC(=O)C3C2C.CCC(C)(C)C(=O)OC1CCOC1=O.CCC(C)(C)C(=O)OC1COC(=O)C1. The van der Waals surface area contributed by atoms with Gasteiger partial charge in [0.05, 0.1) is 62.8 Å². The van der Waals surface area contributed by atoms with Gasteiger partial charge in [0.25, 0.3) is 0 Å². The van der Waals surface area contributed by atoms with Gasteiger partial charge < -0.3 is 61.6 Å². The summed E-state index contributed by atoms with van der Waals surface area (Å²) in [5.41, 5.74) is -3.31. The molecule has 22 atom stereocenters. The Morgan fingerprint density at radius 3 is 1.45 bits per heavy atom. The molecule has 6 bridgehead atoms. The summed E-state index contributed by atoms with van der Waals surface area (Å²) in [5.74, 6) is -1.56. The Labute approximate surface area is 601 Å². The zero-order valence-corrected chi connectivity index (χ0v) is 64.1. The van der Waals surface area contributed by atoms with Gasteiger partial charge in [0, 0.05) is 41.9 Å². The van der Waals surface area contributed by atoms with E-state index in [1.54, 1.807) is 13.8 Å². The first kappa shape index (κ1) is 81.3. The molecule has 13 aliphatic rings. The van der Waals surface area contributed by atoms with Crippen molar-refractivity contribution in [2.45, 2.75) is 309 Å². The van der Waals surface area contributed by atoms with Crippen LogP contribution in [0, 0.1) is 91.2 Å². The van der Waals surface area contributed by atoms with Gasteiger partial charge in [-0.05, 0) is 173 Å². The number of hydrogen-bond acceptors (Lipinski definition) is 25. The molecule has 25 heteroatoms. The molecule has 0 aromatic carbocycles. The van der Waals surface area contributed by atoms with Crippen LogP contribution in [0.1, 0.15) is 235 Å². The van der Waals surface area contributed by atoms with E-state index in [4.69, 9.17) is 61.6 Å². The predicted octanol–water partition coefficient (Wildman–Crippen LogP) is 10.4. The molecule has 8 aliphatic heterocycles. The van der Waals surface area contributed by atoms with Crippen molar-refractivity contribution in [2.75, 3.05) is 13.2 Å². The van der Waals surface area contributed by atoms with Gasteiger partial charge >= 0.3 is 71.6 Å². The summed E-state index contributed by atoms with van der Waals surface area (Å²) in [5, 5.41) is 0. The highest BCUT2D eigenvalue weighted by Gasteiger charge is 2.71. The second kappa shape index (κ2) is 31.0. The Morgan fingerprint density at radius 1 is 0.451 bits per heavy atom. The lowest BCUT2D eigenvalue weighted by atomic mass is 9.75. The lowest BCUT2D eigenvalue weighted by Crippen LogP contribution is -2.45. The zero-order chi connectivity index (χ0) is 76.1. The number of ether oxygens (including phenoxy) is 13. The van der Waals surface area contributed by atoms with Crippen LogP contribution in [0.15, 0.2) is 0 Å². The fraction of sp³-hybridized carbons (Fsp3) is 0.844. The monoisotopic (exact) mass is 1440 g/mol. The molecule has 0 spiro atoms. The smallest absolute Gasteiger partial charge is 0.348 e. The fourth-order valence-corrected chi connectivity index (χ4v) is 15.4. The van der Waals surface area contributed by atoms with Crippen molar-refractivity contribution in [1.29, 1.82) is 0 Å². The predicted molar refractivity (Wildman–Crippen MR) is 362 cm³/mol. The van der Waals surface area contributed by atoms with Crippen LogP contribution in [0.25, 0.3) is 0 Å². The van der Waals surface area contributed by atoms with E-state index in [0.29, 0.717) is 50.5 Å². The molecule has 8 saturated heterocycles. The molecular weight excluding hydrogens is 1320 g/mol. The molecule has 102 heavy (non-hydrogen) atoms. The van der Waals surface area contributed by atoms with Crippen molar-refractivity contribution in [1.82, 2.24) is 0 Å². The van der Waals surface area contributed by atoms with Crippen LogP contribution in [-0.2, 0) is 119 Å². The van der Waals surface area contributed by atoms with Gasteiger partial charge in [-0.1, -0.05) is 55.4 Å². The van der Waals surface area contributed by atoms with Crippen molar-refractivity contribution in [3.63, 3.8) is 0 Å². The molecule has 574 valence electrons. The molecular formula is C77H116O25. The number of hydrogen-bond donors (Lipinski definition) is 0. The third-order valence-electron chi connectivity index (χ3n) is 25.4. The van der Waals surface area contributed by atoms with E-state index in [-0.39, 0.29) is 174 Å². The minimum Gasteiger partial charge on any atom is -0.463 e. The van der Waals surface area contributed by atoms with Crippen LogP contribution < -0.4 is 0 Å². The molecule has 0 N–H and O–H groups in total. The average Bonchev–Trinajstić information content (AvgIpc) is 1.56. The van der Waals surface area contributed by atoms with Crippen molar-refractivity contribution in [3.8, 4) is 0 Å². The first-order valence-electron chi connectivity index (χ1n) is 37.5. The summed E-state index contributed by atoms with van der Waals surface area (Å²) in [6.45, 7) is 40.5. The summed E-state index contributed by atoms with van der Waals surface area (Å²) in [6.07, 6.45) is 6.68. The Hall–Kier alpha value is -6.40. The molecule has 0 aromatic heterocycles. The first-order valence-corrected chi connectivity index (χ1v) is 37.5. The van der Waals surface area contributed by atoms with Crippen LogP contribution in [0.3, 0.4) is 0 Å². The largest absolute Gasteiger partial charge is 0.463 e. The molecule has 0 radical (unpaired) electrons. The number of carbonyl (C=O) groups is 12. The molecule has 22 unspecified atom stereocenters. The maximum absolute atomic E-state index is 12.2. The van der Waals surface area contributed by atoms with E-state index in [0.717, 1.165) is 51.4 Å². The van der Waals surface area contributed by atoms with E-state index in [2.05, 4.69) is 6.92 Å². The zero-order valence-electron chi connectivity index (χ0n) is 64.1. The summed E-state index contributed by atoms with van der Waals surface area (Å²) in [7, 11) is 0. The van der Waals surface area contributed by atoms with Gasteiger partial charge in [-0.2, -0.15) is 0 Å². The number of rotatable bonds is 18. The van der Waals surface area contributed by atoms with Crippen LogP contribution >= 0.6 is 0 Å². The second-order valence-electron chi connectivity index (χ2n) is 34.5. The number of fused-ring (bicyclic) bond motifs is 4. The minimum absolute atomic E-state index is 0.0231. The molecule has 8 heterocycles. The van der Waals surface area contributed by atoms with E-state index in [1.165, 1.54) is 0 Å². The second-order valence-corrected chi connectivity index (χ2v) is 34.5. The highest BCUT2D eigenvalue weighted by atomic mass is 16.7. The summed E-state index contributed by atoms with van der Waals surface area (Å²) in [4.78, 5) is 141. The van der Waals surface area contributed by atoms with Gasteiger partial charge in [-0.15, -0.1) is 0 Å². The number of cyclic esters (lactones) is 2. The van der Waals surface area contributed by atoms with E-state index < -0.39 is 62.9 Å². The topological polar surface area (TPSA) is 325 Å². The van der Waals surface area contributed by atoms with Crippen molar-refractivity contribution in [2.24, 2.45) is 91.2 Å². The first-order chi connectivity index (χ1) is 47.4. The van der Waals surface area contributed by atoms with E-state index in [1.807, 2.05) is 125 Å². The van der Waals surface area contributed by atoms with E-state index >= 15 is 0 Å². The molecule has 0 amide bonds. The lowest BCUT2D eigenvalue weighted by molar-refractivity contribution is -0.171. The molecule has 13 fully saturated rings. The van der Waals surface area contributed by atoms with Gasteiger partial charge in [0.15, 0.2) is 12.2 Å². The highest BCUT2D eigenvalue weighted by Crippen LogP contribution is 2.63. The Bertz CT molecular complexity index is 3100. The highest BCUT2D eigenvalue weighted by molar-refractivity contribution is 5.85. The van der Waals surface area contributed by atoms with Crippen LogP contribution in [0.5, 0.6) is 0 Å². The number of carbonyl (C=O) groups excluding carboxylic acids is 12. The van der Waals surface area contributed by atoms with Gasteiger partial charge in [0.2, 0.25) is 12.2 Å². The lowest BCUT2D eigenvalue weighted by Gasteiger charge is -2.32. The fourth-order valence-electron chi connectivity index (χ4n) is 15.4. The standard InChI is InChI=1S/2C15H22O4.C14H20O5.C13H20O4.2C10H16O4/c1-5-14(2,3)12(16)18-10-8-6-9-11(10)19-13(17)15(9,4)7-8;1-5-15(3,4)14(17)19-11-8-6-9-10(7(8)2)13(16)18-12(9)11;1-5-14(3,4)13(16)19-10-8-6(2)7-9(17-8)11(10)18-12(7)15;1-4-13(2,3)12(15)17-10-8-6-5-7-9(8)16-11(10)14;1-4-10(2,3)9(12)14-7-5-8(11)13-6-7;1-4-10(2,3)9(12)14-7-5-6-13-8(7)11/h8-11H,5-7H2,1-4H3;7-12H,5-6H2,1-4H3;6-11H,5H2,1-4H3;8-10H,4-7H2,1-3H3;2*7H,4-6H2,1-3H3. The van der Waals surface area contributed by atoms with Gasteiger partial charge in [0.1, 0.15) is 55.4 Å². The Morgan fingerprint density at radius 2 is 0.941 bits per heavy atom. The molecule has 5 saturated carbocycles. The summed E-state index contributed by atoms with van der Waals surface area (Å²) < 4.78 is 69.3. The Kier molecular flexibility index (Phi) is 24.7. The van der Waals surface area contributed by atoms with E-state index in [9.17, 15) is 57.5 Å². The molecule has 25 nitrogen and oxygen atoms in total. The quantitative estimate of drug-likeness (QED) is 0.0909. The van der Waals surface area contributed by atoms with Gasteiger partial charge in [-0.25, -0.2) is 9.59 Å². The maximum Gasteiger partial charge on any atom is 0.348 e. The van der Waals surface area contributed by atoms with Gasteiger partial charge in [-0.3, -0.25) is 47.9 Å². The summed E-state index contributed by atoms with van der Waals surface area (Å²) >= 11 is 0. The third-order valence-corrected chi connectivity index (χ3v) is 25.4. The van der Waals surface area contributed by atoms with Crippen molar-refractivity contribution < 1.29 is 119 Å². The van der Waals surface area contributed by atoms with Crippen molar-refractivity contribution >= 4 is 71.6 Å². The average molecular weight is 1440 g/mol. The van der Waals surface area contributed by atoms with Crippen LogP contribution in [-0.4, -0.2) is 158 Å². The summed E-state index contributed by atoms with van der Waals surface area (Å²) in [6, 6.07) is 0.